The number of para-hydroxylation sites is 2. The molecular weight excluding hydrogens is 513 g/mol. The molecule has 4 aromatic rings. The van der Waals surface area contributed by atoms with E-state index in [1.807, 2.05) is 40.7 Å². The van der Waals surface area contributed by atoms with E-state index in [2.05, 4.69) is 4.98 Å². The van der Waals surface area contributed by atoms with Crippen LogP contribution in [0.4, 0.5) is 19.0 Å². The Balaban J connectivity index is 1.49. The second-order valence-corrected chi connectivity index (χ2v) is 9.95. The number of fused-ring (bicyclic) bond motifs is 2. The normalized spacial score (nSPS) is 18.8. The molecule has 0 saturated carbocycles. The van der Waals surface area contributed by atoms with E-state index in [0.717, 1.165) is 16.9 Å². The molecular formula is C26H29F3N8O2. The van der Waals surface area contributed by atoms with E-state index in [-0.39, 0.29) is 31.8 Å². The van der Waals surface area contributed by atoms with Crippen LogP contribution in [0.5, 0.6) is 0 Å². The molecule has 1 aromatic carbocycles. The van der Waals surface area contributed by atoms with Crippen molar-refractivity contribution in [3.63, 3.8) is 0 Å². The van der Waals surface area contributed by atoms with Gasteiger partial charge >= 0.3 is 6.18 Å². The van der Waals surface area contributed by atoms with Gasteiger partial charge in [0, 0.05) is 39.6 Å². The highest BCUT2D eigenvalue weighted by Crippen LogP contribution is 2.34. The van der Waals surface area contributed by atoms with Crippen molar-refractivity contribution in [2.45, 2.75) is 32.4 Å². The minimum atomic E-state index is -4.35. The van der Waals surface area contributed by atoms with Crippen LogP contribution in [-0.2, 0) is 18.2 Å². The fraction of sp³-hybridized carbons (Fsp3) is 0.500. The summed E-state index contributed by atoms with van der Waals surface area (Å²) in [6.45, 7) is 4.07. The molecule has 13 heteroatoms. The predicted octanol–water partition coefficient (Wildman–Crippen LogP) is 3.52. The number of aryl methyl sites for hydroxylation is 2. The van der Waals surface area contributed by atoms with Crippen LogP contribution in [0.25, 0.3) is 28.1 Å². The van der Waals surface area contributed by atoms with Gasteiger partial charge < -0.3 is 19.1 Å². The molecule has 3 aromatic heterocycles. The first-order valence-corrected chi connectivity index (χ1v) is 13.2. The van der Waals surface area contributed by atoms with Crippen LogP contribution in [0.3, 0.4) is 0 Å². The number of hydrogen-bond acceptors (Lipinski definition) is 7. The van der Waals surface area contributed by atoms with Crippen LogP contribution >= 0.6 is 0 Å². The molecule has 0 N–H and O–H groups in total. The van der Waals surface area contributed by atoms with Crippen LogP contribution in [0.1, 0.15) is 36.2 Å². The highest BCUT2D eigenvalue weighted by Gasteiger charge is 2.43. The second kappa shape index (κ2) is 9.78. The fourth-order valence-corrected chi connectivity index (χ4v) is 5.43. The lowest BCUT2D eigenvalue weighted by molar-refractivity contribution is -0.184. The maximum absolute atomic E-state index is 13.5. The molecule has 6 rings (SSSR count). The van der Waals surface area contributed by atoms with E-state index >= 15 is 0 Å². The summed E-state index contributed by atoms with van der Waals surface area (Å²) in [5, 5.41) is 0. The number of aromatic nitrogens is 6. The minimum Gasteiger partial charge on any atom is -0.378 e. The maximum atomic E-state index is 13.5. The van der Waals surface area contributed by atoms with E-state index in [1.54, 1.807) is 11.6 Å². The van der Waals surface area contributed by atoms with Gasteiger partial charge in [-0.2, -0.15) is 23.1 Å². The number of alkyl halides is 3. The van der Waals surface area contributed by atoms with Gasteiger partial charge in [0.15, 0.2) is 17.0 Å². The highest BCUT2D eigenvalue weighted by molar-refractivity contribution is 5.96. The number of morpholine rings is 1. The molecule has 5 heterocycles. The van der Waals surface area contributed by atoms with Gasteiger partial charge in [0.05, 0.1) is 30.2 Å². The van der Waals surface area contributed by atoms with Crippen molar-refractivity contribution in [2.75, 3.05) is 44.3 Å². The van der Waals surface area contributed by atoms with Crippen molar-refractivity contribution in [3.05, 3.63) is 35.9 Å². The van der Waals surface area contributed by atoms with Crippen LogP contribution in [0.2, 0.25) is 0 Å². The molecule has 0 radical (unpaired) electrons. The Labute approximate surface area is 222 Å². The summed E-state index contributed by atoms with van der Waals surface area (Å²) in [5.74, 6) is -0.303. The average molecular weight is 543 g/mol. The summed E-state index contributed by atoms with van der Waals surface area (Å²) in [7, 11) is 1.67. The van der Waals surface area contributed by atoms with E-state index in [9.17, 15) is 18.0 Å². The zero-order chi connectivity index (χ0) is 27.3. The van der Waals surface area contributed by atoms with Crippen LogP contribution in [0.15, 0.2) is 24.3 Å². The number of carbonyl (C=O) groups excluding carboxylic acids is 1. The third-order valence-corrected chi connectivity index (χ3v) is 7.51. The number of rotatable bonds is 4. The molecule has 1 amide bonds. The Hall–Kier alpha value is -3.74. The number of amides is 1. The van der Waals surface area contributed by atoms with Gasteiger partial charge in [-0.25, -0.2) is 9.97 Å². The first-order chi connectivity index (χ1) is 18.8. The number of halogens is 3. The van der Waals surface area contributed by atoms with E-state index < -0.39 is 18.0 Å². The molecule has 1 unspecified atom stereocenters. The molecule has 1 atom stereocenters. The van der Waals surface area contributed by atoms with Crippen molar-refractivity contribution >= 4 is 33.9 Å². The number of anilines is 1. The van der Waals surface area contributed by atoms with Gasteiger partial charge in [-0.1, -0.05) is 19.1 Å². The summed E-state index contributed by atoms with van der Waals surface area (Å²) in [4.78, 5) is 36.0. The Morgan fingerprint density at radius 1 is 1.08 bits per heavy atom. The summed E-state index contributed by atoms with van der Waals surface area (Å²) < 4.78 is 49.3. The monoisotopic (exact) mass is 542 g/mol. The van der Waals surface area contributed by atoms with Gasteiger partial charge in [-0.15, -0.1) is 0 Å². The Kier molecular flexibility index (Phi) is 6.40. The number of ether oxygens (including phenoxy) is 1. The standard InChI is InChI=1S/C26H29F3N8O2/c1-3-19-30-17-8-4-5-9-18(17)37(19)25-32-21-20(22(33-25)35-11-13-39-14-12-35)31-23(34(21)2)24(38)36-10-6-7-16(15-36)26(27,28)29/h4-5,8-9,16H,3,6-7,10-15H2,1-2H3. The van der Waals surface area contributed by atoms with Crippen molar-refractivity contribution < 1.29 is 22.7 Å². The van der Waals surface area contributed by atoms with E-state index in [0.29, 0.717) is 55.7 Å². The maximum Gasteiger partial charge on any atom is 0.393 e. The third kappa shape index (κ3) is 4.48. The summed E-state index contributed by atoms with van der Waals surface area (Å²) in [6, 6.07) is 7.73. The number of imidazole rings is 2. The predicted molar refractivity (Wildman–Crippen MR) is 138 cm³/mol. The summed E-state index contributed by atoms with van der Waals surface area (Å²) >= 11 is 0. The topological polar surface area (TPSA) is 94.2 Å². The minimum absolute atomic E-state index is 0.0183. The lowest BCUT2D eigenvalue weighted by Crippen LogP contribution is -2.45. The van der Waals surface area contributed by atoms with Crippen LogP contribution in [-0.4, -0.2) is 85.4 Å². The molecule has 2 aliphatic rings. The lowest BCUT2D eigenvalue weighted by Gasteiger charge is -2.33. The number of benzene rings is 1. The number of likely N-dealkylation sites (tertiary alicyclic amines) is 1. The van der Waals surface area contributed by atoms with Gasteiger partial charge in [-0.05, 0) is 25.0 Å². The Bertz CT molecular complexity index is 1540. The lowest BCUT2D eigenvalue weighted by atomic mass is 9.97. The second-order valence-electron chi connectivity index (χ2n) is 9.95. The molecule has 0 bridgehead atoms. The van der Waals surface area contributed by atoms with Crippen LogP contribution < -0.4 is 4.90 Å². The van der Waals surface area contributed by atoms with Gasteiger partial charge in [0.1, 0.15) is 5.82 Å². The van der Waals surface area contributed by atoms with Gasteiger partial charge in [-0.3, -0.25) is 9.36 Å². The van der Waals surface area contributed by atoms with E-state index in [4.69, 9.17) is 19.7 Å². The summed E-state index contributed by atoms with van der Waals surface area (Å²) in [5.41, 5.74) is 2.52. The SMILES string of the molecule is CCc1nc2ccccc2n1-c1nc(N2CCOCC2)c2nc(C(=O)N3CCCC(C(F)(F)F)C3)n(C)c2n1. The van der Waals surface area contributed by atoms with Crippen molar-refractivity contribution in [3.8, 4) is 5.95 Å². The molecule has 10 nitrogen and oxygen atoms in total. The average Bonchev–Trinajstić information content (AvgIpc) is 3.50. The van der Waals surface area contributed by atoms with E-state index in [1.165, 1.54) is 4.90 Å². The Morgan fingerprint density at radius 3 is 2.59 bits per heavy atom. The summed E-state index contributed by atoms with van der Waals surface area (Å²) in [6.07, 6.45) is -3.39. The molecule has 0 spiro atoms. The number of hydrogen-bond donors (Lipinski definition) is 0. The molecule has 2 saturated heterocycles. The Morgan fingerprint density at radius 2 is 1.85 bits per heavy atom. The van der Waals surface area contributed by atoms with Crippen molar-refractivity contribution in [1.29, 1.82) is 0 Å². The molecule has 2 fully saturated rings. The fourth-order valence-electron chi connectivity index (χ4n) is 5.43. The number of piperidine rings is 1. The molecule has 39 heavy (non-hydrogen) atoms. The zero-order valence-electron chi connectivity index (χ0n) is 21.8. The molecule has 0 aliphatic carbocycles. The van der Waals surface area contributed by atoms with Crippen LogP contribution in [0, 0.1) is 5.92 Å². The molecule has 2 aliphatic heterocycles. The zero-order valence-corrected chi connectivity index (χ0v) is 21.8. The van der Waals surface area contributed by atoms with Gasteiger partial charge in [0.2, 0.25) is 11.8 Å². The first kappa shape index (κ1) is 25.5. The number of carbonyl (C=O) groups is 1. The first-order valence-electron chi connectivity index (χ1n) is 13.2. The highest BCUT2D eigenvalue weighted by atomic mass is 19.4. The largest absolute Gasteiger partial charge is 0.393 e. The smallest absolute Gasteiger partial charge is 0.378 e. The van der Waals surface area contributed by atoms with Crippen molar-refractivity contribution in [1.82, 2.24) is 34.0 Å². The van der Waals surface area contributed by atoms with Gasteiger partial charge in [0.25, 0.3) is 5.91 Å². The third-order valence-electron chi connectivity index (χ3n) is 7.51. The van der Waals surface area contributed by atoms with Crippen molar-refractivity contribution in [2.24, 2.45) is 13.0 Å². The number of nitrogens with zero attached hydrogens (tertiary/aromatic N) is 8. The quantitative estimate of drug-likeness (QED) is 0.390. The molecule has 206 valence electrons.